The number of nitrogens with one attached hydrogen (secondary N) is 1. The van der Waals surface area contributed by atoms with E-state index in [2.05, 4.69) is 21.2 Å². The number of carbonyl (C=O) groups is 2. The van der Waals surface area contributed by atoms with Gasteiger partial charge in [0, 0.05) is 16.1 Å². The van der Waals surface area contributed by atoms with Crippen LogP contribution in [-0.4, -0.2) is 23.0 Å². The Kier molecular flexibility index (Phi) is 4.81. The Morgan fingerprint density at radius 2 is 2.10 bits per heavy atom. The van der Waals surface area contributed by atoms with Crippen molar-refractivity contribution in [2.75, 3.05) is 0 Å². The summed E-state index contributed by atoms with van der Waals surface area (Å²) in [6.45, 7) is 1.89. The number of benzene rings is 1. The van der Waals surface area contributed by atoms with Gasteiger partial charge in [-0.1, -0.05) is 28.4 Å². The van der Waals surface area contributed by atoms with Gasteiger partial charge in [-0.15, -0.1) is 0 Å². The fourth-order valence-corrected chi connectivity index (χ4v) is 3.03. The molecule has 0 heterocycles. The van der Waals surface area contributed by atoms with Gasteiger partial charge in [-0.05, 0) is 43.9 Å². The molecule has 0 bridgehead atoms. The van der Waals surface area contributed by atoms with E-state index in [1.807, 2.05) is 19.1 Å². The summed E-state index contributed by atoms with van der Waals surface area (Å²) in [4.78, 5) is 23.3. The maximum Gasteiger partial charge on any atom is 0.306 e. The van der Waals surface area contributed by atoms with Crippen molar-refractivity contribution in [2.24, 2.45) is 5.92 Å². The van der Waals surface area contributed by atoms with Crippen LogP contribution in [0.5, 0.6) is 0 Å². The van der Waals surface area contributed by atoms with E-state index in [4.69, 9.17) is 5.11 Å². The molecule has 1 aliphatic rings. The topological polar surface area (TPSA) is 66.4 Å². The molecule has 1 aromatic rings. The summed E-state index contributed by atoms with van der Waals surface area (Å²) in [5.74, 6) is -1.22. The van der Waals surface area contributed by atoms with Gasteiger partial charge in [0.05, 0.1) is 5.92 Å². The predicted molar refractivity (Wildman–Crippen MR) is 79.7 cm³/mol. The summed E-state index contributed by atoms with van der Waals surface area (Å²) < 4.78 is 0.900. The van der Waals surface area contributed by atoms with E-state index in [9.17, 15) is 9.59 Å². The van der Waals surface area contributed by atoms with Crippen LogP contribution in [0.2, 0.25) is 0 Å². The summed E-state index contributed by atoms with van der Waals surface area (Å²) in [6.07, 6.45) is 2.92. The quantitative estimate of drug-likeness (QED) is 0.888. The van der Waals surface area contributed by atoms with Crippen molar-refractivity contribution in [3.05, 3.63) is 33.8 Å². The Morgan fingerprint density at radius 1 is 1.35 bits per heavy atom. The van der Waals surface area contributed by atoms with E-state index in [1.54, 1.807) is 6.07 Å². The molecular formula is C15H18BrNO3. The van der Waals surface area contributed by atoms with Crippen LogP contribution >= 0.6 is 15.9 Å². The predicted octanol–water partition coefficient (Wildman–Crippen LogP) is 3.13. The molecule has 0 saturated heterocycles. The molecule has 0 aliphatic heterocycles. The van der Waals surface area contributed by atoms with Crippen LogP contribution in [0, 0.1) is 12.8 Å². The number of carbonyl (C=O) groups excluding carboxylic acids is 1. The fourth-order valence-electron chi connectivity index (χ4n) is 2.66. The number of halogens is 1. The first-order valence-electron chi connectivity index (χ1n) is 6.78. The summed E-state index contributed by atoms with van der Waals surface area (Å²) in [6, 6.07) is 5.46. The Labute approximate surface area is 126 Å². The molecular weight excluding hydrogens is 322 g/mol. The highest BCUT2D eigenvalue weighted by atomic mass is 79.9. The summed E-state index contributed by atoms with van der Waals surface area (Å²) >= 11 is 3.41. The average Bonchev–Trinajstić information content (AvgIpc) is 2.42. The second-order valence-electron chi connectivity index (χ2n) is 5.28. The summed E-state index contributed by atoms with van der Waals surface area (Å²) in [5.41, 5.74) is 1.53. The zero-order valence-electron chi connectivity index (χ0n) is 11.4. The minimum absolute atomic E-state index is 0.0456. The number of carboxylic acids is 1. The smallest absolute Gasteiger partial charge is 0.306 e. The third-order valence-corrected chi connectivity index (χ3v) is 4.73. The molecule has 2 rings (SSSR count). The van der Waals surface area contributed by atoms with Crippen molar-refractivity contribution < 1.29 is 14.7 Å². The van der Waals surface area contributed by atoms with E-state index >= 15 is 0 Å². The van der Waals surface area contributed by atoms with Crippen LogP contribution < -0.4 is 5.32 Å². The molecule has 1 amide bonds. The molecule has 1 saturated carbocycles. The van der Waals surface area contributed by atoms with Gasteiger partial charge in [-0.25, -0.2) is 0 Å². The first kappa shape index (κ1) is 15.0. The Balaban J connectivity index is 2.04. The molecule has 0 radical (unpaired) electrons. The summed E-state index contributed by atoms with van der Waals surface area (Å²) in [7, 11) is 0. The van der Waals surface area contributed by atoms with E-state index in [0.29, 0.717) is 18.4 Å². The van der Waals surface area contributed by atoms with Gasteiger partial charge < -0.3 is 10.4 Å². The van der Waals surface area contributed by atoms with Gasteiger partial charge >= 0.3 is 5.97 Å². The fraction of sp³-hybridized carbons (Fsp3) is 0.467. The number of hydrogen-bond donors (Lipinski definition) is 2. The summed E-state index contributed by atoms with van der Waals surface area (Å²) in [5, 5.41) is 12.0. The number of aliphatic carboxylic acids is 1. The zero-order valence-corrected chi connectivity index (χ0v) is 12.9. The molecule has 0 spiro atoms. The Morgan fingerprint density at radius 3 is 2.80 bits per heavy atom. The lowest BCUT2D eigenvalue weighted by Gasteiger charge is -2.27. The molecule has 5 heteroatoms. The minimum Gasteiger partial charge on any atom is -0.481 e. The monoisotopic (exact) mass is 339 g/mol. The highest BCUT2D eigenvalue weighted by Crippen LogP contribution is 2.25. The molecule has 20 heavy (non-hydrogen) atoms. The standard InChI is InChI=1S/C15H18BrNO3/c1-9-12(6-3-7-13(9)16)14(18)17-11-5-2-4-10(8-11)15(19)20/h3,6-7,10-11H,2,4-5,8H2,1H3,(H,17,18)(H,19,20). The molecule has 2 atom stereocenters. The van der Waals surface area contributed by atoms with Crippen molar-refractivity contribution in [2.45, 2.75) is 38.6 Å². The SMILES string of the molecule is Cc1c(Br)cccc1C(=O)NC1CCCC(C(=O)O)C1. The van der Waals surface area contributed by atoms with Gasteiger partial charge in [0.2, 0.25) is 0 Å². The molecule has 2 N–H and O–H groups in total. The third-order valence-electron chi connectivity index (χ3n) is 3.87. The van der Waals surface area contributed by atoms with E-state index in [0.717, 1.165) is 22.9 Å². The lowest BCUT2D eigenvalue weighted by molar-refractivity contribution is -0.143. The lowest BCUT2D eigenvalue weighted by atomic mass is 9.85. The molecule has 1 aliphatic carbocycles. The number of rotatable bonds is 3. The maximum absolute atomic E-state index is 12.3. The molecule has 108 valence electrons. The van der Waals surface area contributed by atoms with Crippen LogP contribution in [0.25, 0.3) is 0 Å². The number of hydrogen-bond acceptors (Lipinski definition) is 2. The van der Waals surface area contributed by atoms with Crippen LogP contribution in [-0.2, 0) is 4.79 Å². The van der Waals surface area contributed by atoms with Crippen LogP contribution in [0.1, 0.15) is 41.6 Å². The molecule has 2 unspecified atom stereocenters. The Hall–Kier alpha value is -1.36. The number of carboxylic acid groups (broad SMARTS) is 1. The van der Waals surface area contributed by atoms with Gasteiger partial charge in [0.25, 0.3) is 5.91 Å². The first-order chi connectivity index (χ1) is 9.49. The highest BCUT2D eigenvalue weighted by molar-refractivity contribution is 9.10. The van der Waals surface area contributed by atoms with Crippen molar-refractivity contribution in [1.29, 1.82) is 0 Å². The van der Waals surface area contributed by atoms with Crippen molar-refractivity contribution >= 4 is 27.8 Å². The third kappa shape index (κ3) is 3.39. The van der Waals surface area contributed by atoms with Crippen molar-refractivity contribution in [1.82, 2.24) is 5.32 Å². The minimum atomic E-state index is -0.761. The Bertz CT molecular complexity index is 530. The van der Waals surface area contributed by atoms with Gasteiger partial charge in [-0.2, -0.15) is 0 Å². The zero-order chi connectivity index (χ0) is 14.7. The van der Waals surface area contributed by atoms with Gasteiger partial charge in [-0.3, -0.25) is 9.59 Å². The normalized spacial score (nSPS) is 22.3. The molecule has 0 aromatic heterocycles. The second kappa shape index (κ2) is 6.39. The van der Waals surface area contributed by atoms with Crippen molar-refractivity contribution in [3.8, 4) is 0 Å². The second-order valence-corrected chi connectivity index (χ2v) is 6.14. The van der Waals surface area contributed by atoms with Crippen LogP contribution in [0.3, 0.4) is 0 Å². The highest BCUT2D eigenvalue weighted by Gasteiger charge is 2.28. The van der Waals surface area contributed by atoms with E-state index in [1.165, 1.54) is 0 Å². The van der Waals surface area contributed by atoms with Gasteiger partial charge in [0.1, 0.15) is 0 Å². The molecule has 1 aromatic carbocycles. The lowest BCUT2D eigenvalue weighted by Crippen LogP contribution is -2.40. The van der Waals surface area contributed by atoms with Crippen LogP contribution in [0.15, 0.2) is 22.7 Å². The molecule has 1 fully saturated rings. The number of amides is 1. The van der Waals surface area contributed by atoms with Crippen LogP contribution in [0.4, 0.5) is 0 Å². The first-order valence-corrected chi connectivity index (χ1v) is 7.57. The average molecular weight is 340 g/mol. The van der Waals surface area contributed by atoms with E-state index < -0.39 is 5.97 Å². The van der Waals surface area contributed by atoms with Gasteiger partial charge in [0.15, 0.2) is 0 Å². The maximum atomic E-state index is 12.3. The largest absolute Gasteiger partial charge is 0.481 e. The molecule has 4 nitrogen and oxygen atoms in total. The van der Waals surface area contributed by atoms with E-state index in [-0.39, 0.29) is 17.9 Å². The van der Waals surface area contributed by atoms with Crippen molar-refractivity contribution in [3.63, 3.8) is 0 Å².